The first-order valence-corrected chi connectivity index (χ1v) is 12.3. The van der Waals surface area contributed by atoms with Gasteiger partial charge in [0.2, 0.25) is 0 Å². The molecule has 0 spiro atoms. The molecule has 0 bridgehead atoms. The fraction of sp³-hybridized carbons (Fsp3) is 0.0938. The average Bonchev–Trinajstić information content (AvgIpc) is 3.29. The maximum atomic E-state index is 4.75. The second kappa shape index (κ2) is 9.96. The maximum absolute atomic E-state index is 4.75. The van der Waals surface area contributed by atoms with E-state index in [1.807, 2.05) is 51.4 Å². The van der Waals surface area contributed by atoms with Crippen LogP contribution < -0.4 is 0 Å². The Morgan fingerprint density at radius 1 is 0.750 bits per heavy atom. The van der Waals surface area contributed by atoms with E-state index in [4.69, 9.17) is 9.97 Å². The largest absolute Gasteiger partial charge is 0.306 e. The number of allylic oxidation sites excluding steroid dienone is 1. The van der Waals surface area contributed by atoms with Crippen molar-refractivity contribution in [3.63, 3.8) is 0 Å². The fourth-order valence-corrected chi connectivity index (χ4v) is 4.62. The van der Waals surface area contributed by atoms with E-state index in [0.29, 0.717) is 5.82 Å². The zero-order chi connectivity index (χ0) is 25.1. The van der Waals surface area contributed by atoms with Crippen LogP contribution in [0.3, 0.4) is 0 Å². The summed E-state index contributed by atoms with van der Waals surface area (Å²) in [5.74, 6) is 0.699. The molecule has 36 heavy (non-hydrogen) atoms. The van der Waals surface area contributed by atoms with Gasteiger partial charge < -0.3 is 4.40 Å². The number of para-hydroxylation sites is 3. The monoisotopic (exact) mass is 468 g/mol. The number of nitrogens with zero attached hydrogens (tertiary/aromatic N) is 4. The van der Waals surface area contributed by atoms with Gasteiger partial charge in [-0.2, -0.15) is 0 Å². The maximum Gasteiger partial charge on any atom is 0.159 e. The van der Waals surface area contributed by atoms with Crippen molar-refractivity contribution in [2.45, 2.75) is 20.8 Å². The quantitative estimate of drug-likeness (QED) is 0.261. The van der Waals surface area contributed by atoms with Crippen LogP contribution in [0.4, 0.5) is 0 Å². The van der Waals surface area contributed by atoms with E-state index in [0.717, 1.165) is 38.9 Å². The predicted molar refractivity (Wildman–Crippen MR) is 153 cm³/mol. The Hall–Kier alpha value is -4.57. The molecule has 0 fully saturated rings. The van der Waals surface area contributed by atoms with Gasteiger partial charge in [-0.15, -0.1) is 0 Å². The van der Waals surface area contributed by atoms with Crippen LogP contribution in [0.25, 0.3) is 62.1 Å². The summed E-state index contributed by atoms with van der Waals surface area (Å²) in [5.41, 5.74) is 9.43. The molecule has 176 valence electrons. The van der Waals surface area contributed by atoms with Gasteiger partial charge >= 0.3 is 0 Å². The van der Waals surface area contributed by atoms with E-state index in [-0.39, 0.29) is 0 Å². The molecular weight excluding hydrogens is 440 g/mol. The molecule has 0 atom stereocenters. The van der Waals surface area contributed by atoms with E-state index in [1.54, 1.807) is 6.08 Å². The van der Waals surface area contributed by atoms with E-state index < -0.39 is 0 Å². The Kier molecular flexibility index (Phi) is 6.42. The van der Waals surface area contributed by atoms with Crippen LogP contribution in [-0.4, -0.2) is 19.4 Å². The average molecular weight is 469 g/mol. The second-order valence-electron chi connectivity index (χ2n) is 8.18. The smallest absolute Gasteiger partial charge is 0.159 e. The number of hydrogen-bond donors (Lipinski definition) is 0. The lowest BCUT2D eigenvalue weighted by atomic mass is 10.0. The number of hydrogen-bond acceptors (Lipinski definition) is 3. The first kappa shape index (κ1) is 23.2. The molecule has 0 aliphatic heterocycles. The van der Waals surface area contributed by atoms with Crippen molar-refractivity contribution in [1.82, 2.24) is 19.4 Å². The number of rotatable bonds is 4. The van der Waals surface area contributed by atoms with Crippen molar-refractivity contribution in [2.24, 2.45) is 0 Å². The summed E-state index contributed by atoms with van der Waals surface area (Å²) in [4.78, 5) is 14.0. The molecule has 0 saturated carbocycles. The van der Waals surface area contributed by atoms with E-state index in [1.165, 1.54) is 16.5 Å². The van der Waals surface area contributed by atoms with Crippen molar-refractivity contribution >= 4 is 39.6 Å². The highest BCUT2D eigenvalue weighted by atomic mass is 14.9. The summed E-state index contributed by atoms with van der Waals surface area (Å²) in [5, 5.41) is 1.20. The lowest BCUT2D eigenvalue weighted by molar-refractivity contribution is 1.15. The van der Waals surface area contributed by atoms with Gasteiger partial charge in [-0.1, -0.05) is 87.2 Å². The zero-order valence-corrected chi connectivity index (χ0v) is 20.8. The Bertz CT molecular complexity index is 1720. The van der Waals surface area contributed by atoms with Crippen molar-refractivity contribution < 1.29 is 0 Å². The lowest BCUT2D eigenvalue weighted by Crippen LogP contribution is -1.94. The molecule has 0 N–H and O–H groups in total. The molecule has 3 aromatic carbocycles. The van der Waals surface area contributed by atoms with Gasteiger partial charge in [-0.25, -0.2) is 9.97 Å². The molecule has 6 aromatic rings. The molecule has 0 radical (unpaired) electrons. The molecule has 3 heterocycles. The molecular formula is C32H28N4. The van der Waals surface area contributed by atoms with E-state index in [9.17, 15) is 0 Å². The van der Waals surface area contributed by atoms with Crippen molar-refractivity contribution in [3.8, 4) is 22.5 Å². The summed E-state index contributed by atoms with van der Waals surface area (Å²) in [6, 6.07) is 25.3. The minimum Gasteiger partial charge on any atom is -0.306 e. The van der Waals surface area contributed by atoms with Crippen LogP contribution >= 0.6 is 0 Å². The molecule has 0 unspecified atom stereocenters. The van der Waals surface area contributed by atoms with Crippen LogP contribution in [0, 0.1) is 0 Å². The first-order valence-electron chi connectivity index (χ1n) is 12.3. The van der Waals surface area contributed by atoms with Crippen molar-refractivity contribution in [3.05, 3.63) is 109 Å². The van der Waals surface area contributed by atoms with Crippen LogP contribution in [0.2, 0.25) is 0 Å². The molecule has 0 aliphatic rings. The third kappa shape index (κ3) is 3.87. The molecule has 3 aromatic heterocycles. The lowest BCUT2D eigenvalue weighted by Gasteiger charge is -2.07. The van der Waals surface area contributed by atoms with Gasteiger partial charge in [0.1, 0.15) is 0 Å². The van der Waals surface area contributed by atoms with Crippen LogP contribution in [-0.2, 0) is 0 Å². The summed E-state index contributed by atoms with van der Waals surface area (Å²) in [6.45, 7) is 9.84. The highest BCUT2D eigenvalue weighted by molar-refractivity contribution is 6.07. The second-order valence-corrected chi connectivity index (χ2v) is 8.18. The Balaban J connectivity index is 0.00000130. The topological polar surface area (TPSA) is 43.1 Å². The Morgan fingerprint density at radius 3 is 2.19 bits per heavy atom. The normalized spacial score (nSPS) is 11.2. The van der Waals surface area contributed by atoms with Crippen LogP contribution in [0.15, 0.2) is 97.8 Å². The molecule has 4 nitrogen and oxygen atoms in total. The summed E-state index contributed by atoms with van der Waals surface area (Å²) in [7, 11) is 0. The number of fused-ring (bicyclic) bond motifs is 5. The molecule has 4 heteroatoms. The highest BCUT2D eigenvalue weighted by Crippen LogP contribution is 2.37. The van der Waals surface area contributed by atoms with E-state index >= 15 is 0 Å². The third-order valence-electron chi connectivity index (χ3n) is 6.18. The fourth-order valence-electron chi connectivity index (χ4n) is 4.62. The van der Waals surface area contributed by atoms with Gasteiger partial charge in [-0.05, 0) is 36.8 Å². The third-order valence-corrected chi connectivity index (χ3v) is 6.18. The van der Waals surface area contributed by atoms with Crippen LogP contribution in [0.1, 0.15) is 32.0 Å². The highest BCUT2D eigenvalue weighted by Gasteiger charge is 2.16. The van der Waals surface area contributed by atoms with Crippen molar-refractivity contribution in [1.29, 1.82) is 0 Å². The Morgan fingerprint density at radius 2 is 1.44 bits per heavy atom. The standard InChI is InChI=1S/C30H22N4.C2H6/c1-3-9-24-20(4-2)18-32-30(33-24)22-16-14-21(15-17-22)29-23-10-5-7-12-26(23)34-27-13-8-6-11-25(27)31-19-28(29)34;1-2/h3-19H,2H2,1H3;1-2H3/b9-3-;. The number of benzene rings is 3. The zero-order valence-electron chi connectivity index (χ0n) is 20.8. The minimum atomic E-state index is 0.699. The molecule has 0 aliphatic carbocycles. The van der Waals surface area contributed by atoms with Gasteiger partial charge in [-0.3, -0.25) is 4.98 Å². The number of aromatic nitrogens is 4. The summed E-state index contributed by atoms with van der Waals surface area (Å²) in [6.07, 6.45) is 9.54. The SMILES string of the molecule is C=Cc1cnc(-c2ccc(-c3c4ccccc4n4c3cnc3ccccc34)cc2)nc1/C=C\C.CC. The predicted octanol–water partition coefficient (Wildman–Crippen LogP) is 8.47. The Labute approximate surface area is 211 Å². The van der Waals surface area contributed by atoms with Crippen molar-refractivity contribution in [2.75, 3.05) is 0 Å². The molecule has 0 saturated heterocycles. The van der Waals surface area contributed by atoms with Gasteiger partial charge in [0, 0.05) is 28.3 Å². The minimum absolute atomic E-state index is 0.699. The first-order chi connectivity index (χ1) is 17.8. The molecule has 0 amide bonds. The molecule has 6 rings (SSSR count). The van der Waals surface area contributed by atoms with Gasteiger partial charge in [0.25, 0.3) is 0 Å². The van der Waals surface area contributed by atoms with Crippen LogP contribution in [0.5, 0.6) is 0 Å². The van der Waals surface area contributed by atoms with Gasteiger partial charge in [0.05, 0.1) is 34.0 Å². The van der Waals surface area contributed by atoms with Gasteiger partial charge in [0.15, 0.2) is 5.82 Å². The summed E-state index contributed by atoms with van der Waals surface area (Å²) < 4.78 is 2.31. The van der Waals surface area contributed by atoms with E-state index in [2.05, 4.69) is 82.7 Å². The summed E-state index contributed by atoms with van der Waals surface area (Å²) >= 11 is 0.